The molecule has 0 aliphatic carbocycles. The molecule has 0 amide bonds. The van der Waals surface area contributed by atoms with E-state index in [0.29, 0.717) is 36.6 Å². The number of hydrogen-bond acceptors (Lipinski definition) is 4. The molecule has 26 heavy (non-hydrogen) atoms. The fourth-order valence-electron chi connectivity index (χ4n) is 3.22. The van der Waals surface area contributed by atoms with Gasteiger partial charge in [-0.2, -0.15) is 13.2 Å². The van der Waals surface area contributed by atoms with Gasteiger partial charge in [0.1, 0.15) is 12.0 Å². The third kappa shape index (κ3) is 4.30. The van der Waals surface area contributed by atoms with Crippen molar-refractivity contribution in [2.24, 2.45) is 0 Å². The highest BCUT2D eigenvalue weighted by Gasteiger charge is 2.30. The Bertz CT molecular complexity index is 751. The minimum absolute atomic E-state index is 0.0608. The molecular formula is C18H20F4N4. The summed E-state index contributed by atoms with van der Waals surface area (Å²) in [5, 5.41) is 11.4. The van der Waals surface area contributed by atoms with Crippen molar-refractivity contribution >= 4 is 5.82 Å². The SMILES string of the molecule is Cc1cc(N[C@@H]2C[C@@H](F)CN(C)C2)nnc1-c1ccc(C(F)(F)F)cc1. The first kappa shape index (κ1) is 18.6. The molecule has 3 rings (SSSR count). The second-order valence-electron chi connectivity index (χ2n) is 6.73. The van der Waals surface area contributed by atoms with Gasteiger partial charge in [-0.05, 0) is 37.7 Å². The van der Waals surface area contributed by atoms with Crippen molar-refractivity contribution in [1.29, 1.82) is 0 Å². The number of anilines is 1. The number of aryl methyl sites for hydroxylation is 1. The molecular weight excluding hydrogens is 348 g/mol. The zero-order valence-electron chi connectivity index (χ0n) is 14.5. The number of nitrogens with one attached hydrogen (secondary N) is 1. The third-order valence-corrected chi connectivity index (χ3v) is 4.40. The number of halogens is 4. The van der Waals surface area contributed by atoms with Crippen LogP contribution in [0.5, 0.6) is 0 Å². The van der Waals surface area contributed by atoms with Crippen LogP contribution >= 0.6 is 0 Å². The van der Waals surface area contributed by atoms with Crippen LogP contribution in [0.15, 0.2) is 30.3 Å². The molecule has 0 bridgehead atoms. The zero-order chi connectivity index (χ0) is 18.9. The summed E-state index contributed by atoms with van der Waals surface area (Å²) in [6, 6.07) is 6.55. The first-order valence-corrected chi connectivity index (χ1v) is 8.33. The summed E-state index contributed by atoms with van der Waals surface area (Å²) in [5.74, 6) is 0.533. The monoisotopic (exact) mass is 368 g/mol. The van der Waals surface area contributed by atoms with E-state index < -0.39 is 17.9 Å². The van der Waals surface area contributed by atoms with Gasteiger partial charge in [-0.1, -0.05) is 12.1 Å². The van der Waals surface area contributed by atoms with Gasteiger partial charge in [0.15, 0.2) is 0 Å². The zero-order valence-corrected chi connectivity index (χ0v) is 14.5. The van der Waals surface area contributed by atoms with Crippen LogP contribution in [-0.2, 0) is 6.18 Å². The molecule has 0 saturated carbocycles. The van der Waals surface area contributed by atoms with E-state index in [-0.39, 0.29) is 6.04 Å². The van der Waals surface area contributed by atoms with E-state index in [1.54, 1.807) is 6.07 Å². The lowest BCUT2D eigenvalue weighted by Crippen LogP contribution is -2.45. The number of hydrogen-bond donors (Lipinski definition) is 1. The van der Waals surface area contributed by atoms with Crippen LogP contribution in [0, 0.1) is 6.92 Å². The van der Waals surface area contributed by atoms with E-state index in [1.165, 1.54) is 12.1 Å². The predicted molar refractivity (Wildman–Crippen MR) is 91.6 cm³/mol. The largest absolute Gasteiger partial charge is 0.416 e. The Balaban J connectivity index is 1.75. The lowest BCUT2D eigenvalue weighted by molar-refractivity contribution is -0.137. The standard InChI is InChI=1S/C18H20F4N4/c1-11-7-16(23-15-8-14(19)9-26(2)10-15)24-25-17(11)12-3-5-13(6-4-12)18(20,21)22/h3-7,14-15H,8-10H2,1-2H3,(H,23,24)/t14-,15-/m1/s1. The molecule has 140 valence electrons. The molecule has 1 saturated heterocycles. The van der Waals surface area contributed by atoms with Crippen molar-refractivity contribution in [3.8, 4) is 11.3 Å². The fourth-order valence-corrected chi connectivity index (χ4v) is 3.22. The van der Waals surface area contributed by atoms with Crippen molar-refractivity contribution in [1.82, 2.24) is 15.1 Å². The topological polar surface area (TPSA) is 41.0 Å². The summed E-state index contributed by atoms with van der Waals surface area (Å²) in [6.45, 7) is 2.95. The van der Waals surface area contributed by atoms with Gasteiger partial charge in [0, 0.05) is 31.1 Å². The maximum absolute atomic E-state index is 13.7. The number of likely N-dealkylation sites (tertiary alicyclic amines) is 1. The average Bonchev–Trinajstić information content (AvgIpc) is 2.53. The van der Waals surface area contributed by atoms with Crippen LogP contribution in [0.2, 0.25) is 0 Å². The lowest BCUT2D eigenvalue weighted by atomic mass is 10.0. The van der Waals surface area contributed by atoms with Crippen LogP contribution in [0.3, 0.4) is 0 Å². The Kier molecular flexibility index (Phi) is 5.13. The van der Waals surface area contributed by atoms with Crippen LogP contribution in [0.25, 0.3) is 11.3 Å². The first-order valence-electron chi connectivity index (χ1n) is 8.33. The summed E-state index contributed by atoms with van der Waals surface area (Å²) < 4.78 is 51.7. The van der Waals surface area contributed by atoms with Crippen molar-refractivity contribution in [2.75, 3.05) is 25.5 Å². The lowest BCUT2D eigenvalue weighted by Gasteiger charge is -2.32. The number of alkyl halides is 4. The highest BCUT2D eigenvalue weighted by atomic mass is 19.4. The first-order chi connectivity index (χ1) is 12.2. The Morgan fingerprint density at radius 3 is 2.38 bits per heavy atom. The van der Waals surface area contributed by atoms with Gasteiger partial charge in [-0.3, -0.25) is 0 Å². The minimum Gasteiger partial charge on any atom is -0.364 e. The normalized spacial score (nSPS) is 21.6. The number of benzene rings is 1. The van der Waals surface area contributed by atoms with Gasteiger partial charge in [-0.15, -0.1) is 10.2 Å². The summed E-state index contributed by atoms with van der Waals surface area (Å²) in [5.41, 5.74) is 1.17. The number of likely N-dealkylation sites (N-methyl/N-ethyl adjacent to an activating group) is 1. The Hall–Kier alpha value is -2.22. The van der Waals surface area contributed by atoms with Gasteiger partial charge in [0.2, 0.25) is 0 Å². The summed E-state index contributed by atoms with van der Waals surface area (Å²) in [7, 11) is 1.87. The second-order valence-corrected chi connectivity index (χ2v) is 6.73. The quantitative estimate of drug-likeness (QED) is 0.834. The average molecular weight is 368 g/mol. The smallest absolute Gasteiger partial charge is 0.364 e. The molecule has 1 N–H and O–H groups in total. The van der Waals surface area contributed by atoms with Gasteiger partial charge < -0.3 is 10.2 Å². The van der Waals surface area contributed by atoms with Crippen LogP contribution < -0.4 is 5.32 Å². The van der Waals surface area contributed by atoms with E-state index in [0.717, 1.165) is 17.7 Å². The van der Waals surface area contributed by atoms with Crippen molar-refractivity contribution in [3.63, 3.8) is 0 Å². The molecule has 1 fully saturated rings. The molecule has 2 heterocycles. The molecule has 1 aromatic carbocycles. The van der Waals surface area contributed by atoms with Gasteiger partial charge in [0.05, 0.1) is 11.3 Å². The maximum atomic E-state index is 13.7. The number of piperidine rings is 1. The minimum atomic E-state index is -4.37. The summed E-state index contributed by atoms with van der Waals surface area (Å²) in [6.07, 6.45) is -4.84. The number of nitrogens with zero attached hydrogens (tertiary/aromatic N) is 3. The van der Waals surface area contributed by atoms with Crippen LogP contribution in [-0.4, -0.2) is 47.4 Å². The molecule has 8 heteroatoms. The molecule has 0 radical (unpaired) electrons. The molecule has 1 aromatic heterocycles. The van der Waals surface area contributed by atoms with Crippen molar-refractivity contribution in [2.45, 2.75) is 31.7 Å². The van der Waals surface area contributed by atoms with Crippen molar-refractivity contribution < 1.29 is 17.6 Å². The summed E-state index contributed by atoms with van der Waals surface area (Å²) >= 11 is 0. The fraction of sp³-hybridized carbons (Fsp3) is 0.444. The maximum Gasteiger partial charge on any atom is 0.416 e. The molecule has 0 unspecified atom stereocenters. The third-order valence-electron chi connectivity index (χ3n) is 4.40. The van der Waals surface area contributed by atoms with E-state index in [9.17, 15) is 17.6 Å². The molecule has 4 nitrogen and oxygen atoms in total. The Morgan fingerprint density at radius 2 is 1.81 bits per heavy atom. The molecule has 1 aliphatic heterocycles. The predicted octanol–water partition coefficient (Wildman–Crippen LogP) is 3.92. The molecule has 2 atom stereocenters. The van der Waals surface area contributed by atoms with E-state index in [1.807, 2.05) is 18.9 Å². The summed E-state index contributed by atoms with van der Waals surface area (Å²) in [4.78, 5) is 1.92. The Labute approximate surface area is 149 Å². The highest BCUT2D eigenvalue weighted by molar-refractivity contribution is 5.64. The molecule has 2 aromatic rings. The van der Waals surface area contributed by atoms with Gasteiger partial charge in [-0.25, -0.2) is 4.39 Å². The van der Waals surface area contributed by atoms with Crippen molar-refractivity contribution in [3.05, 3.63) is 41.5 Å². The van der Waals surface area contributed by atoms with Crippen LogP contribution in [0.1, 0.15) is 17.5 Å². The van der Waals surface area contributed by atoms with E-state index in [4.69, 9.17) is 0 Å². The van der Waals surface area contributed by atoms with Gasteiger partial charge in [0.25, 0.3) is 0 Å². The second kappa shape index (κ2) is 7.19. The van der Waals surface area contributed by atoms with Crippen LogP contribution in [0.4, 0.5) is 23.4 Å². The van der Waals surface area contributed by atoms with Gasteiger partial charge >= 0.3 is 6.18 Å². The number of rotatable bonds is 3. The van der Waals surface area contributed by atoms with E-state index in [2.05, 4.69) is 15.5 Å². The molecule has 1 aliphatic rings. The highest BCUT2D eigenvalue weighted by Crippen LogP contribution is 2.31. The van der Waals surface area contributed by atoms with E-state index >= 15 is 0 Å². The Morgan fingerprint density at radius 1 is 1.12 bits per heavy atom. The number of aromatic nitrogens is 2. The molecule has 0 spiro atoms.